The summed E-state index contributed by atoms with van der Waals surface area (Å²) in [4.78, 5) is 23.3. The van der Waals surface area contributed by atoms with Crippen LogP contribution in [0.2, 0.25) is 0 Å². The summed E-state index contributed by atoms with van der Waals surface area (Å²) in [6.45, 7) is 2.66. The van der Waals surface area contributed by atoms with Crippen LogP contribution < -0.4 is 0 Å². The molecule has 3 heterocycles. The fourth-order valence-electron chi connectivity index (χ4n) is 3.27. The van der Waals surface area contributed by atoms with Crippen LogP contribution in [0.3, 0.4) is 0 Å². The lowest BCUT2D eigenvalue weighted by atomic mass is 10.1. The van der Waals surface area contributed by atoms with Crippen molar-refractivity contribution in [3.05, 3.63) is 59.9 Å². The molecule has 0 saturated carbocycles. The largest absolute Gasteiger partial charge is 0.461 e. The number of hydrogen-bond donors (Lipinski definition) is 0. The Morgan fingerprint density at radius 1 is 1.30 bits per heavy atom. The van der Waals surface area contributed by atoms with E-state index in [0.29, 0.717) is 5.56 Å². The van der Waals surface area contributed by atoms with Gasteiger partial charge in [0.05, 0.1) is 17.9 Å². The highest BCUT2D eigenvalue weighted by atomic mass is 16.3. The maximum atomic E-state index is 12.9. The number of aryl methyl sites for hydroxylation is 1. The van der Waals surface area contributed by atoms with E-state index in [9.17, 15) is 4.79 Å². The molecule has 4 rings (SSSR count). The molecule has 23 heavy (non-hydrogen) atoms. The normalized spacial score (nSPS) is 17.8. The number of nitrogens with zero attached hydrogens (tertiary/aromatic N) is 3. The van der Waals surface area contributed by atoms with E-state index in [1.165, 1.54) is 0 Å². The maximum absolute atomic E-state index is 12.9. The number of amides is 1. The summed E-state index contributed by atoms with van der Waals surface area (Å²) < 4.78 is 5.58. The number of benzene rings is 1. The Balaban J connectivity index is 1.66. The molecule has 1 aliphatic heterocycles. The van der Waals surface area contributed by atoms with Gasteiger partial charge in [0.1, 0.15) is 11.3 Å². The molecule has 1 saturated heterocycles. The molecule has 0 bridgehead atoms. The zero-order chi connectivity index (χ0) is 15.8. The van der Waals surface area contributed by atoms with Crippen LogP contribution in [0.25, 0.3) is 11.0 Å². The van der Waals surface area contributed by atoms with Gasteiger partial charge in [0, 0.05) is 29.9 Å². The molecule has 0 radical (unpaired) electrons. The van der Waals surface area contributed by atoms with Crippen LogP contribution in [0.4, 0.5) is 0 Å². The van der Waals surface area contributed by atoms with Crippen molar-refractivity contribution in [1.82, 2.24) is 14.9 Å². The van der Waals surface area contributed by atoms with Gasteiger partial charge >= 0.3 is 0 Å². The lowest BCUT2D eigenvalue weighted by Crippen LogP contribution is -2.31. The number of furan rings is 1. The molecule has 1 aliphatic rings. The Kier molecular flexibility index (Phi) is 3.33. The number of likely N-dealkylation sites (tertiary alicyclic amines) is 1. The molecule has 5 nitrogen and oxygen atoms in total. The Morgan fingerprint density at radius 3 is 3.04 bits per heavy atom. The van der Waals surface area contributed by atoms with Crippen LogP contribution >= 0.6 is 0 Å². The third-order valence-electron chi connectivity index (χ3n) is 4.32. The van der Waals surface area contributed by atoms with Gasteiger partial charge in [-0.1, -0.05) is 0 Å². The van der Waals surface area contributed by atoms with E-state index >= 15 is 0 Å². The molecule has 0 aliphatic carbocycles. The first kappa shape index (κ1) is 13.9. The van der Waals surface area contributed by atoms with Crippen LogP contribution in [0.1, 0.15) is 40.7 Å². The van der Waals surface area contributed by atoms with Crippen molar-refractivity contribution in [2.75, 3.05) is 6.54 Å². The van der Waals surface area contributed by atoms with Crippen molar-refractivity contribution in [3.63, 3.8) is 0 Å². The number of hydrogen-bond acceptors (Lipinski definition) is 4. The number of carbonyl (C=O) groups is 1. The number of aromatic nitrogens is 2. The zero-order valence-corrected chi connectivity index (χ0v) is 12.9. The number of carbonyl (C=O) groups excluding carboxylic acids is 1. The van der Waals surface area contributed by atoms with Gasteiger partial charge in [0.15, 0.2) is 0 Å². The predicted molar refractivity (Wildman–Crippen MR) is 86.0 cm³/mol. The van der Waals surface area contributed by atoms with Gasteiger partial charge in [0.2, 0.25) is 0 Å². The van der Waals surface area contributed by atoms with E-state index in [0.717, 1.165) is 41.8 Å². The van der Waals surface area contributed by atoms with Crippen molar-refractivity contribution >= 4 is 16.9 Å². The molecule has 0 spiro atoms. The summed E-state index contributed by atoms with van der Waals surface area (Å²) in [5.74, 6) is 0.891. The van der Waals surface area contributed by atoms with E-state index in [2.05, 4.69) is 9.97 Å². The highest BCUT2D eigenvalue weighted by molar-refractivity contribution is 5.98. The standard InChI is InChI=1S/C18H17N3O2/c1-12-9-14-10-13(4-5-17(14)23-12)18(22)21-8-2-3-16(21)15-11-19-6-7-20-15/h4-7,9-11,16H,2-3,8H2,1H3/t16-/m1/s1. The van der Waals surface area contributed by atoms with Crippen molar-refractivity contribution < 1.29 is 9.21 Å². The average Bonchev–Trinajstić information content (AvgIpc) is 3.19. The monoisotopic (exact) mass is 307 g/mol. The van der Waals surface area contributed by atoms with E-state index in [1.54, 1.807) is 18.6 Å². The SMILES string of the molecule is Cc1cc2cc(C(=O)N3CCC[C@@H]3c3cnccn3)ccc2o1. The highest BCUT2D eigenvalue weighted by Crippen LogP contribution is 2.32. The van der Waals surface area contributed by atoms with Gasteiger partial charge in [-0.25, -0.2) is 0 Å². The van der Waals surface area contributed by atoms with Crippen LogP contribution in [0.5, 0.6) is 0 Å². The second-order valence-corrected chi connectivity index (χ2v) is 5.90. The van der Waals surface area contributed by atoms with Crippen LogP contribution in [-0.2, 0) is 0 Å². The minimum absolute atomic E-state index is 0.0120. The summed E-state index contributed by atoms with van der Waals surface area (Å²) in [5, 5.41) is 0.962. The lowest BCUT2D eigenvalue weighted by Gasteiger charge is -2.24. The first-order valence-electron chi connectivity index (χ1n) is 7.79. The molecular weight excluding hydrogens is 290 g/mol. The third-order valence-corrected chi connectivity index (χ3v) is 4.32. The van der Waals surface area contributed by atoms with Gasteiger partial charge < -0.3 is 9.32 Å². The molecule has 0 N–H and O–H groups in total. The van der Waals surface area contributed by atoms with Gasteiger partial charge in [-0.3, -0.25) is 14.8 Å². The Morgan fingerprint density at radius 2 is 2.22 bits per heavy atom. The van der Waals surface area contributed by atoms with E-state index in [4.69, 9.17) is 4.42 Å². The molecule has 1 aromatic carbocycles. The van der Waals surface area contributed by atoms with Crippen LogP contribution in [0, 0.1) is 6.92 Å². The molecular formula is C18H17N3O2. The molecule has 1 atom stereocenters. The molecule has 3 aromatic rings. The summed E-state index contributed by atoms with van der Waals surface area (Å²) in [6, 6.07) is 7.57. The molecule has 1 fully saturated rings. The summed E-state index contributed by atoms with van der Waals surface area (Å²) in [6.07, 6.45) is 6.99. The van der Waals surface area contributed by atoms with Gasteiger partial charge in [0.25, 0.3) is 5.91 Å². The second-order valence-electron chi connectivity index (χ2n) is 5.90. The number of rotatable bonds is 2. The quantitative estimate of drug-likeness (QED) is 0.727. The number of fused-ring (bicyclic) bond motifs is 1. The van der Waals surface area contributed by atoms with E-state index < -0.39 is 0 Å². The summed E-state index contributed by atoms with van der Waals surface area (Å²) in [5.41, 5.74) is 2.36. The first-order chi connectivity index (χ1) is 11.2. The Labute approximate surface area is 134 Å². The fraction of sp³-hybridized carbons (Fsp3) is 0.278. The Hall–Kier alpha value is -2.69. The maximum Gasteiger partial charge on any atom is 0.254 e. The van der Waals surface area contributed by atoms with Gasteiger partial charge in [-0.05, 0) is 44.0 Å². The zero-order valence-electron chi connectivity index (χ0n) is 12.9. The van der Waals surface area contributed by atoms with Crippen molar-refractivity contribution in [2.24, 2.45) is 0 Å². The topological polar surface area (TPSA) is 59.2 Å². The molecule has 116 valence electrons. The van der Waals surface area contributed by atoms with Crippen LogP contribution in [-0.4, -0.2) is 27.3 Å². The smallest absolute Gasteiger partial charge is 0.254 e. The average molecular weight is 307 g/mol. The second kappa shape index (κ2) is 5.50. The molecule has 5 heteroatoms. The molecule has 1 amide bonds. The summed E-state index contributed by atoms with van der Waals surface area (Å²) in [7, 11) is 0. The molecule has 2 aromatic heterocycles. The lowest BCUT2D eigenvalue weighted by molar-refractivity contribution is 0.0733. The minimum Gasteiger partial charge on any atom is -0.461 e. The van der Waals surface area contributed by atoms with Crippen molar-refractivity contribution in [1.29, 1.82) is 0 Å². The first-order valence-corrected chi connectivity index (χ1v) is 7.79. The summed E-state index contributed by atoms with van der Waals surface area (Å²) >= 11 is 0. The van der Waals surface area contributed by atoms with Gasteiger partial charge in [-0.2, -0.15) is 0 Å². The Bertz CT molecular complexity index is 857. The van der Waals surface area contributed by atoms with Crippen molar-refractivity contribution in [2.45, 2.75) is 25.8 Å². The van der Waals surface area contributed by atoms with E-state index in [-0.39, 0.29) is 11.9 Å². The molecule has 0 unspecified atom stereocenters. The minimum atomic E-state index is 0.0120. The fourth-order valence-corrected chi connectivity index (χ4v) is 3.27. The van der Waals surface area contributed by atoms with Crippen LogP contribution in [0.15, 0.2) is 47.3 Å². The highest BCUT2D eigenvalue weighted by Gasteiger charge is 2.31. The third kappa shape index (κ3) is 2.48. The van der Waals surface area contributed by atoms with E-state index in [1.807, 2.05) is 36.1 Å². The van der Waals surface area contributed by atoms with Crippen molar-refractivity contribution in [3.8, 4) is 0 Å². The predicted octanol–water partition coefficient (Wildman–Crippen LogP) is 3.51. The van der Waals surface area contributed by atoms with Gasteiger partial charge in [-0.15, -0.1) is 0 Å².